The Kier molecular flexibility index (Phi) is 4.77. The molecule has 2 aromatic heterocycles. The maximum atomic E-state index is 10.8. The van der Waals surface area contributed by atoms with E-state index in [2.05, 4.69) is 35.9 Å². The zero-order valence-electron chi connectivity index (χ0n) is 16.6. The van der Waals surface area contributed by atoms with Gasteiger partial charge in [-0.1, -0.05) is 36.4 Å². The number of aromatic nitrogens is 1. The number of benzene rings is 3. The minimum absolute atomic E-state index is 0.309. The molecule has 148 valence electrons. The molecule has 3 nitrogen and oxygen atoms in total. The number of nitrogens with zero attached hydrogens (tertiary/aromatic N) is 1. The fourth-order valence-electron chi connectivity index (χ4n) is 3.79. The number of hydrogen-bond acceptors (Lipinski definition) is 3. The minimum Gasteiger partial charge on any atom is -0.494 e. The van der Waals surface area contributed by atoms with Crippen LogP contribution in [0.3, 0.4) is 0 Å². The molecule has 4 heteroatoms. The van der Waals surface area contributed by atoms with Gasteiger partial charge in [0, 0.05) is 17.0 Å². The van der Waals surface area contributed by atoms with Crippen LogP contribution in [0.4, 0.5) is 0 Å². The molecule has 0 aliphatic heterocycles. The molecule has 5 rings (SSSR count). The molecule has 0 aliphatic carbocycles. The molecule has 2 heterocycles. The van der Waals surface area contributed by atoms with E-state index in [9.17, 15) is 5.11 Å². The van der Waals surface area contributed by atoms with E-state index >= 15 is 0 Å². The summed E-state index contributed by atoms with van der Waals surface area (Å²) in [6.45, 7) is 2.65. The van der Waals surface area contributed by atoms with Gasteiger partial charge in [-0.05, 0) is 76.3 Å². The van der Waals surface area contributed by atoms with Crippen molar-refractivity contribution in [3.05, 3.63) is 101 Å². The van der Waals surface area contributed by atoms with Gasteiger partial charge >= 0.3 is 0 Å². The van der Waals surface area contributed by atoms with E-state index in [4.69, 9.17) is 4.74 Å². The maximum Gasteiger partial charge on any atom is 0.199 e. The molecule has 3 aromatic carbocycles. The van der Waals surface area contributed by atoms with Crippen molar-refractivity contribution in [3.63, 3.8) is 0 Å². The van der Waals surface area contributed by atoms with Crippen LogP contribution in [-0.2, 0) is 6.54 Å². The average Bonchev–Trinajstić information content (AvgIpc) is 3.39. The van der Waals surface area contributed by atoms with Gasteiger partial charge in [0.25, 0.3) is 0 Å². The lowest BCUT2D eigenvalue weighted by atomic mass is 10.0. The highest BCUT2D eigenvalue weighted by Crippen LogP contribution is 2.35. The van der Waals surface area contributed by atoms with Crippen molar-refractivity contribution < 1.29 is 9.84 Å². The number of rotatable bonds is 5. The largest absolute Gasteiger partial charge is 0.494 e. The number of ether oxygens (including phenoxy) is 1. The number of para-hydroxylation sites is 1. The number of aryl methyl sites for hydroxylation is 1. The van der Waals surface area contributed by atoms with E-state index in [0.29, 0.717) is 12.4 Å². The lowest BCUT2D eigenvalue weighted by Gasteiger charge is -2.08. The van der Waals surface area contributed by atoms with Crippen LogP contribution in [0.25, 0.3) is 21.9 Å². The van der Waals surface area contributed by atoms with E-state index in [-0.39, 0.29) is 0 Å². The molecule has 30 heavy (non-hydrogen) atoms. The highest BCUT2D eigenvalue weighted by atomic mass is 32.1. The maximum absolute atomic E-state index is 10.8. The Bertz CT molecular complexity index is 1290. The van der Waals surface area contributed by atoms with Crippen LogP contribution in [0.15, 0.2) is 89.8 Å². The summed E-state index contributed by atoms with van der Waals surface area (Å²) in [4.78, 5) is 0. The summed E-state index contributed by atoms with van der Waals surface area (Å²) >= 11 is 1.69. The molecule has 0 bridgehead atoms. The predicted molar refractivity (Wildman–Crippen MR) is 124 cm³/mol. The van der Waals surface area contributed by atoms with Crippen LogP contribution in [0, 0.1) is 6.92 Å². The first kappa shape index (κ1) is 18.5. The van der Waals surface area contributed by atoms with Crippen LogP contribution < -0.4 is 4.74 Å². The number of thiophene rings is 1. The zero-order chi connectivity index (χ0) is 20.5. The van der Waals surface area contributed by atoms with Gasteiger partial charge in [0.15, 0.2) is 5.88 Å². The molecular formula is C26H21NO2S. The van der Waals surface area contributed by atoms with E-state index in [1.807, 2.05) is 65.4 Å². The van der Waals surface area contributed by atoms with Gasteiger partial charge in [-0.25, -0.2) is 0 Å². The second-order valence-electron chi connectivity index (χ2n) is 7.41. The Morgan fingerprint density at radius 3 is 2.40 bits per heavy atom. The van der Waals surface area contributed by atoms with Crippen LogP contribution in [-0.4, -0.2) is 9.67 Å². The topological polar surface area (TPSA) is 34.4 Å². The van der Waals surface area contributed by atoms with Crippen LogP contribution in [0.2, 0.25) is 0 Å². The van der Waals surface area contributed by atoms with E-state index in [1.54, 1.807) is 11.3 Å². The molecule has 1 N–H and O–H groups in total. The van der Waals surface area contributed by atoms with Crippen molar-refractivity contribution in [2.45, 2.75) is 13.5 Å². The standard InChI is InChI=1S/C26H21NO2S/c1-18-13-21(20-11-12-30-17-20)14-22-16-27(26(28)25(18)22)15-19-7-9-24(10-8-19)29-23-5-3-2-4-6-23/h2-14,16-17,28H,15H2,1H3. The molecule has 0 aliphatic rings. The Labute approximate surface area is 179 Å². The lowest BCUT2D eigenvalue weighted by Crippen LogP contribution is -1.97. The van der Waals surface area contributed by atoms with Crippen molar-refractivity contribution in [2.75, 3.05) is 0 Å². The number of aromatic hydroxyl groups is 1. The SMILES string of the molecule is Cc1cc(-c2ccsc2)cc2cn(Cc3ccc(Oc4ccccc4)cc3)c(O)c12. The summed E-state index contributed by atoms with van der Waals surface area (Å²) in [7, 11) is 0. The van der Waals surface area contributed by atoms with Gasteiger partial charge in [0.05, 0.1) is 6.54 Å². The van der Waals surface area contributed by atoms with Crippen molar-refractivity contribution in [3.8, 4) is 28.5 Å². The van der Waals surface area contributed by atoms with Crippen LogP contribution >= 0.6 is 11.3 Å². The predicted octanol–water partition coefficient (Wildman–Crippen LogP) is 7.22. The van der Waals surface area contributed by atoms with Gasteiger partial charge < -0.3 is 14.4 Å². The molecular weight excluding hydrogens is 390 g/mol. The highest BCUT2D eigenvalue weighted by molar-refractivity contribution is 7.08. The van der Waals surface area contributed by atoms with Crippen LogP contribution in [0.5, 0.6) is 17.4 Å². The quantitative estimate of drug-likeness (QED) is 0.331. The van der Waals surface area contributed by atoms with Gasteiger partial charge in [0.2, 0.25) is 0 Å². The van der Waals surface area contributed by atoms with Crippen molar-refractivity contribution >= 4 is 22.1 Å². The summed E-state index contributed by atoms with van der Waals surface area (Å²) in [6, 6.07) is 24.2. The number of fused-ring (bicyclic) bond motifs is 1. The Morgan fingerprint density at radius 2 is 1.67 bits per heavy atom. The molecule has 0 fully saturated rings. The fraction of sp³-hybridized carbons (Fsp3) is 0.0769. The second kappa shape index (κ2) is 7.73. The van der Waals surface area contributed by atoms with Crippen molar-refractivity contribution in [2.24, 2.45) is 0 Å². The first-order valence-corrected chi connectivity index (χ1v) is 10.8. The first-order chi connectivity index (χ1) is 14.7. The Morgan fingerprint density at radius 1 is 0.900 bits per heavy atom. The van der Waals surface area contributed by atoms with E-state index in [1.165, 1.54) is 11.1 Å². The van der Waals surface area contributed by atoms with Gasteiger partial charge in [0.1, 0.15) is 11.5 Å². The molecule has 5 aromatic rings. The normalized spacial score (nSPS) is 11.1. The third-order valence-corrected chi connectivity index (χ3v) is 5.95. The molecule has 0 atom stereocenters. The fourth-order valence-corrected chi connectivity index (χ4v) is 4.46. The number of hydrogen-bond donors (Lipinski definition) is 1. The van der Waals surface area contributed by atoms with Gasteiger partial charge in [-0.15, -0.1) is 0 Å². The monoisotopic (exact) mass is 411 g/mol. The summed E-state index contributed by atoms with van der Waals surface area (Å²) in [5.41, 5.74) is 4.57. The Balaban J connectivity index is 1.41. The third kappa shape index (κ3) is 3.58. The lowest BCUT2D eigenvalue weighted by molar-refractivity contribution is 0.430. The second-order valence-corrected chi connectivity index (χ2v) is 8.19. The van der Waals surface area contributed by atoms with E-state index in [0.717, 1.165) is 33.4 Å². The smallest absolute Gasteiger partial charge is 0.199 e. The molecule has 0 radical (unpaired) electrons. The average molecular weight is 412 g/mol. The summed E-state index contributed by atoms with van der Waals surface area (Å²) in [5.74, 6) is 1.92. The van der Waals surface area contributed by atoms with Crippen LogP contribution in [0.1, 0.15) is 11.1 Å². The van der Waals surface area contributed by atoms with Crippen molar-refractivity contribution in [1.82, 2.24) is 4.57 Å². The molecule has 0 saturated carbocycles. The molecule has 0 amide bonds. The summed E-state index contributed by atoms with van der Waals surface area (Å²) < 4.78 is 7.77. The molecule has 0 saturated heterocycles. The zero-order valence-corrected chi connectivity index (χ0v) is 17.4. The minimum atomic E-state index is 0.309. The van der Waals surface area contributed by atoms with E-state index < -0.39 is 0 Å². The first-order valence-electron chi connectivity index (χ1n) is 9.84. The van der Waals surface area contributed by atoms with Gasteiger partial charge in [-0.2, -0.15) is 11.3 Å². The third-order valence-electron chi connectivity index (χ3n) is 5.27. The molecule has 0 spiro atoms. The Hall–Kier alpha value is -3.50. The summed E-state index contributed by atoms with van der Waals surface area (Å²) in [6.07, 6.45) is 2.03. The highest BCUT2D eigenvalue weighted by Gasteiger charge is 2.13. The molecule has 0 unspecified atom stereocenters. The van der Waals surface area contributed by atoms with Gasteiger partial charge in [-0.3, -0.25) is 0 Å². The summed E-state index contributed by atoms with van der Waals surface area (Å²) in [5, 5.41) is 17.0. The van der Waals surface area contributed by atoms with Crippen molar-refractivity contribution in [1.29, 1.82) is 0 Å².